The SMILES string of the molecule is CCNc1cc(C(F)F)nc2c(Cl)cc(Cl)c(Cl)c12. The topological polar surface area (TPSA) is 24.9 Å². The monoisotopic (exact) mass is 324 g/mol. The van der Waals surface area contributed by atoms with Gasteiger partial charge in [-0.15, -0.1) is 0 Å². The van der Waals surface area contributed by atoms with Crippen LogP contribution in [0, 0.1) is 0 Å². The fourth-order valence-electron chi connectivity index (χ4n) is 1.76. The van der Waals surface area contributed by atoms with Crippen LogP contribution in [0.3, 0.4) is 0 Å². The number of alkyl halides is 2. The van der Waals surface area contributed by atoms with E-state index < -0.39 is 6.43 Å². The Morgan fingerprint density at radius 3 is 2.47 bits per heavy atom. The molecule has 2 rings (SSSR count). The van der Waals surface area contributed by atoms with Crippen molar-refractivity contribution in [1.82, 2.24) is 4.98 Å². The van der Waals surface area contributed by atoms with Crippen molar-refractivity contribution in [2.45, 2.75) is 13.3 Å². The van der Waals surface area contributed by atoms with Gasteiger partial charge in [-0.1, -0.05) is 34.8 Å². The van der Waals surface area contributed by atoms with Crippen molar-refractivity contribution in [3.63, 3.8) is 0 Å². The second-order valence-electron chi connectivity index (χ2n) is 3.80. The molecule has 0 unspecified atom stereocenters. The number of rotatable bonds is 3. The van der Waals surface area contributed by atoms with Crippen LogP contribution in [-0.4, -0.2) is 11.5 Å². The van der Waals surface area contributed by atoms with Crippen LogP contribution in [0.1, 0.15) is 19.0 Å². The minimum absolute atomic E-state index is 0.186. The van der Waals surface area contributed by atoms with Gasteiger partial charge in [0.05, 0.1) is 20.6 Å². The summed E-state index contributed by atoms with van der Waals surface area (Å²) in [6.45, 7) is 2.39. The fourth-order valence-corrected chi connectivity index (χ4v) is 2.52. The van der Waals surface area contributed by atoms with Crippen LogP contribution in [0.2, 0.25) is 15.1 Å². The van der Waals surface area contributed by atoms with Crippen LogP contribution in [0.4, 0.5) is 14.5 Å². The molecule has 2 aromatic rings. The number of hydrogen-bond acceptors (Lipinski definition) is 2. The Hall–Kier alpha value is -0.840. The largest absolute Gasteiger partial charge is 0.385 e. The third-order valence-electron chi connectivity index (χ3n) is 2.54. The summed E-state index contributed by atoms with van der Waals surface area (Å²) in [6, 6.07) is 2.65. The first-order valence-electron chi connectivity index (χ1n) is 5.45. The van der Waals surface area contributed by atoms with Gasteiger partial charge in [0.25, 0.3) is 6.43 Å². The number of aromatic nitrogens is 1. The third kappa shape index (κ3) is 2.71. The van der Waals surface area contributed by atoms with E-state index in [2.05, 4.69) is 10.3 Å². The zero-order valence-electron chi connectivity index (χ0n) is 9.78. The lowest BCUT2D eigenvalue weighted by atomic mass is 10.1. The van der Waals surface area contributed by atoms with Gasteiger partial charge in [0.1, 0.15) is 5.69 Å². The summed E-state index contributed by atoms with van der Waals surface area (Å²) in [6.07, 6.45) is -2.69. The predicted molar refractivity (Wildman–Crippen MR) is 75.9 cm³/mol. The van der Waals surface area contributed by atoms with Crippen LogP contribution in [0.5, 0.6) is 0 Å². The number of hydrogen-bond donors (Lipinski definition) is 1. The molecular weight excluding hydrogens is 317 g/mol. The quantitative estimate of drug-likeness (QED) is 0.747. The number of nitrogens with zero attached hydrogens (tertiary/aromatic N) is 1. The minimum atomic E-state index is -2.69. The lowest BCUT2D eigenvalue weighted by Crippen LogP contribution is -2.02. The molecule has 0 saturated heterocycles. The van der Waals surface area contributed by atoms with Gasteiger partial charge < -0.3 is 5.32 Å². The lowest BCUT2D eigenvalue weighted by molar-refractivity contribution is 0.146. The van der Waals surface area contributed by atoms with E-state index >= 15 is 0 Å². The molecule has 1 aromatic carbocycles. The van der Waals surface area contributed by atoms with E-state index in [0.717, 1.165) is 0 Å². The summed E-state index contributed by atoms with van der Waals surface area (Å²) in [7, 11) is 0. The highest BCUT2D eigenvalue weighted by molar-refractivity contribution is 6.48. The van der Waals surface area contributed by atoms with Crippen molar-refractivity contribution in [3.05, 3.63) is 32.9 Å². The van der Waals surface area contributed by atoms with Crippen molar-refractivity contribution in [2.75, 3.05) is 11.9 Å². The Morgan fingerprint density at radius 1 is 1.21 bits per heavy atom. The lowest BCUT2D eigenvalue weighted by Gasteiger charge is -2.13. The molecule has 0 amide bonds. The zero-order chi connectivity index (χ0) is 14.2. The molecule has 7 heteroatoms. The second-order valence-corrected chi connectivity index (χ2v) is 5.00. The maximum Gasteiger partial charge on any atom is 0.280 e. The van der Waals surface area contributed by atoms with Gasteiger partial charge >= 0.3 is 0 Å². The minimum Gasteiger partial charge on any atom is -0.385 e. The molecule has 0 atom stereocenters. The number of anilines is 1. The van der Waals surface area contributed by atoms with Gasteiger partial charge in [-0.05, 0) is 19.1 Å². The van der Waals surface area contributed by atoms with Gasteiger partial charge in [-0.25, -0.2) is 13.8 Å². The van der Waals surface area contributed by atoms with Crippen LogP contribution in [0.15, 0.2) is 12.1 Å². The van der Waals surface area contributed by atoms with Crippen molar-refractivity contribution in [3.8, 4) is 0 Å². The number of nitrogens with one attached hydrogen (secondary N) is 1. The maximum atomic E-state index is 12.8. The van der Waals surface area contributed by atoms with Crippen molar-refractivity contribution < 1.29 is 8.78 Å². The van der Waals surface area contributed by atoms with Crippen LogP contribution >= 0.6 is 34.8 Å². The summed E-state index contributed by atoms with van der Waals surface area (Å²) in [5.41, 5.74) is 0.297. The van der Waals surface area contributed by atoms with Gasteiger partial charge in [-0.2, -0.15) is 0 Å². The molecule has 0 saturated carbocycles. The zero-order valence-corrected chi connectivity index (χ0v) is 12.0. The highest BCUT2D eigenvalue weighted by Crippen LogP contribution is 2.40. The molecule has 0 aliphatic heterocycles. The molecule has 2 nitrogen and oxygen atoms in total. The Bertz CT molecular complexity index is 632. The molecule has 0 spiro atoms. The summed E-state index contributed by atoms with van der Waals surface area (Å²) in [5, 5.41) is 4.10. The van der Waals surface area contributed by atoms with Crippen LogP contribution < -0.4 is 5.32 Å². The van der Waals surface area contributed by atoms with Gasteiger partial charge in [0, 0.05) is 17.6 Å². The van der Waals surface area contributed by atoms with E-state index in [1.165, 1.54) is 12.1 Å². The number of halogens is 5. The van der Waals surface area contributed by atoms with Crippen molar-refractivity contribution >= 4 is 51.4 Å². The first kappa shape index (κ1) is 14.6. The fraction of sp³-hybridized carbons (Fsp3) is 0.250. The van der Waals surface area contributed by atoms with E-state index in [4.69, 9.17) is 34.8 Å². The summed E-state index contributed by atoms with van der Waals surface area (Å²) >= 11 is 18.1. The van der Waals surface area contributed by atoms with Crippen molar-refractivity contribution in [2.24, 2.45) is 0 Å². The Balaban J connectivity index is 2.86. The molecule has 1 heterocycles. The Kier molecular flexibility index (Phi) is 4.33. The average Bonchev–Trinajstić information content (AvgIpc) is 2.35. The van der Waals surface area contributed by atoms with Crippen molar-refractivity contribution in [1.29, 1.82) is 0 Å². The summed E-state index contributed by atoms with van der Waals surface area (Å²) in [4.78, 5) is 3.85. The van der Waals surface area contributed by atoms with E-state index in [1.807, 2.05) is 6.92 Å². The van der Waals surface area contributed by atoms with E-state index in [-0.39, 0.29) is 26.3 Å². The predicted octanol–water partition coefficient (Wildman–Crippen LogP) is 5.56. The first-order valence-corrected chi connectivity index (χ1v) is 6.59. The van der Waals surface area contributed by atoms with E-state index in [1.54, 1.807) is 0 Å². The molecule has 19 heavy (non-hydrogen) atoms. The van der Waals surface area contributed by atoms with Gasteiger partial charge in [0.2, 0.25) is 0 Å². The summed E-state index contributed by atoms with van der Waals surface area (Å²) in [5.74, 6) is 0. The summed E-state index contributed by atoms with van der Waals surface area (Å²) < 4.78 is 25.7. The molecule has 0 aliphatic rings. The highest BCUT2D eigenvalue weighted by Gasteiger charge is 2.18. The molecule has 0 bridgehead atoms. The molecule has 0 radical (unpaired) electrons. The number of benzene rings is 1. The third-order valence-corrected chi connectivity index (χ3v) is 3.61. The van der Waals surface area contributed by atoms with E-state index in [0.29, 0.717) is 17.6 Å². The molecule has 102 valence electrons. The van der Waals surface area contributed by atoms with Crippen LogP contribution in [0.25, 0.3) is 10.9 Å². The second kappa shape index (κ2) is 5.65. The molecule has 0 fully saturated rings. The average molecular weight is 326 g/mol. The smallest absolute Gasteiger partial charge is 0.280 e. The first-order chi connectivity index (χ1) is 8.95. The molecular formula is C12H9Cl3F2N2. The maximum absolute atomic E-state index is 12.8. The molecule has 1 aromatic heterocycles. The standard InChI is InChI=1S/C12H9Cl3F2N2/c1-2-18-7-4-8(12(16)17)19-11-6(14)3-5(13)10(15)9(7)11/h3-4,12H,2H2,1H3,(H,18,19). The Labute approximate surface area is 123 Å². The van der Waals surface area contributed by atoms with Gasteiger partial charge in [-0.3, -0.25) is 0 Å². The van der Waals surface area contributed by atoms with Crippen LogP contribution in [-0.2, 0) is 0 Å². The molecule has 1 N–H and O–H groups in total. The number of fused-ring (bicyclic) bond motifs is 1. The van der Waals surface area contributed by atoms with Gasteiger partial charge in [0.15, 0.2) is 0 Å². The molecule has 0 aliphatic carbocycles. The highest BCUT2D eigenvalue weighted by atomic mass is 35.5. The van der Waals surface area contributed by atoms with E-state index in [9.17, 15) is 8.78 Å². The Morgan fingerprint density at radius 2 is 1.89 bits per heavy atom. The number of pyridine rings is 1. The normalized spacial score (nSPS) is 11.3.